The highest BCUT2D eigenvalue weighted by Gasteiger charge is 2.36. The van der Waals surface area contributed by atoms with Gasteiger partial charge in [-0.25, -0.2) is 8.42 Å². The number of hydrogen-bond acceptors (Lipinski definition) is 6. The largest absolute Gasteiger partial charge is 0.396 e. The third-order valence-corrected chi connectivity index (χ3v) is 6.58. The van der Waals surface area contributed by atoms with Crippen LogP contribution in [-0.2, 0) is 9.84 Å². The first kappa shape index (κ1) is 14.8. The topological polar surface area (TPSA) is 89.3 Å². The van der Waals surface area contributed by atoms with E-state index in [1.807, 2.05) is 0 Å². The molecule has 0 radical (unpaired) electrons. The van der Waals surface area contributed by atoms with E-state index in [1.165, 1.54) is 11.3 Å². The summed E-state index contributed by atoms with van der Waals surface area (Å²) in [5, 5.41) is 3.85. The third kappa shape index (κ3) is 2.94. The Morgan fingerprint density at radius 1 is 1.24 bits per heavy atom. The molecule has 1 heterocycles. The van der Waals surface area contributed by atoms with Crippen LogP contribution < -0.4 is 11.1 Å². The van der Waals surface area contributed by atoms with Crippen LogP contribution in [0.15, 0.2) is 4.90 Å². The standard InChI is InChI=1S/C14H20N2O3S2/c1-21(18,19)13-10(15)12(11(17)8-6-7-8)20-14(13)16-9-4-2-3-5-9/h8-9,16H,2-7,15H2,1H3. The minimum atomic E-state index is -3.45. The van der Waals surface area contributed by atoms with E-state index in [0.717, 1.165) is 44.8 Å². The molecule has 2 aliphatic rings. The summed E-state index contributed by atoms with van der Waals surface area (Å²) >= 11 is 1.21. The quantitative estimate of drug-likeness (QED) is 0.811. The van der Waals surface area contributed by atoms with Gasteiger partial charge in [0.25, 0.3) is 0 Å². The maximum atomic E-state index is 12.3. The summed E-state index contributed by atoms with van der Waals surface area (Å²) in [4.78, 5) is 12.8. The molecule has 1 aromatic heterocycles. The summed E-state index contributed by atoms with van der Waals surface area (Å²) in [5.41, 5.74) is 6.14. The molecule has 7 heteroatoms. The highest BCUT2D eigenvalue weighted by molar-refractivity contribution is 7.91. The number of nitrogens with two attached hydrogens (primary N) is 1. The van der Waals surface area contributed by atoms with E-state index in [1.54, 1.807) is 0 Å². The molecule has 3 rings (SSSR count). The second kappa shape index (κ2) is 5.28. The van der Waals surface area contributed by atoms with Crippen molar-refractivity contribution in [3.63, 3.8) is 0 Å². The minimum absolute atomic E-state index is 0.00173. The fourth-order valence-corrected chi connectivity index (χ4v) is 5.51. The fourth-order valence-electron chi connectivity index (χ4n) is 2.86. The number of hydrogen-bond donors (Lipinski definition) is 2. The smallest absolute Gasteiger partial charge is 0.180 e. The van der Waals surface area contributed by atoms with Gasteiger partial charge in [-0.3, -0.25) is 4.79 Å². The van der Waals surface area contributed by atoms with Crippen molar-refractivity contribution >= 4 is 37.6 Å². The van der Waals surface area contributed by atoms with Crippen LogP contribution in [-0.4, -0.2) is 26.5 Å². The van der Waals surface area contributed by atoms with Gasteiger partial charge >= 0.3 is 0 Å². The van der Waals surface area contributed by atoms with Gasteiger partial charge in [0.1, 0.15) is 9.90 Å². The van der Waals surface area contributed by atoms with E-state index in [2.05, 4.69) is 5.32 Å². The molecule has 0 spiro atoms. The first-order valence-corrected chi connectivity index (χ1v) is 10.0. The molecule has 0 aliphatic heterocycles. The van der Waals surface area contributed by atoms with Crippen molar-refractivity contribution in [1.29, 1.82) is 0 Å². The molecule has 0 amide bonds. The molecular weight excluding hydrogens is 308 g/mol. The van der Waals surface area contributed by atoms with Gasteiger partial charge in [-0.1, -0.05) is 12.8 Å². The number of thiophene rings is 1. The van der Waals surface area contributed by atoms with Gasteiger partial charge in [0.15, 0.2) is 15.6 Å². The molecule has 0 saturated heterocycles. The zero-order valence-electron chi connectivity index (χ0n) is 12.0. The SMILES string of the molecule is CS(=O)(=O)c1c(NC2CCCC2)sc(C(=O)C2CC2)c1N. The molecular formula is C14H20N2O3S2. The van der Waals surface area contributed by atoms with Crippen LogP contribution in [0.25, 0.3) is 0 Å². The number of nitrogen functional groups attached to an aromatic ring is 1. The number of ketones is 1. The predicted octanol–water partition coefficient (Wildman–Crippen LogP) is 2.68. The Hall–Kier alpha value is -1.08. The van der Waals surface area contributed by atoms with E-state index in [0.29, 0.717) is 9.88 Å². The van der Waals surface area contributed by atoms with Gasteiger partial charge < -0.3 is 11.1 Å². The number of sulfone groups is 1. The Balaban J connectivity index is 1.99. The third-order valence-electron chi connectivity index (χ3n) is 4.13. The molecule has 1 aromatic rings. The molecule has 0 aromatic carbocycles. The molecule has 5 nitrogen and oxygen atoms in total. The highest BCUT2D eigenvalue weighted by Crippen LogP contribution is 2.44. The van der Waals surface area contributed by atoms with E-state index in [4.69, 9.17) is 5.73 Å². The van der Waals surface area contributed by atoms with E-state index < -0.39 is 9.84 Å². The zero-order valence-corrected chi connectivity index (χ0v) is 13.6. The summed E-state index contributed by atoms with van der Waals surface area (Å²) in [6, 6.07) is 0.285. The monoisotopic (exact) mass is 328 g/mol. The number of carbonyl (C=O) groups excluding carboxylic acids is 1. The van der Waals surface area contributed by atoms with Crippen LogP contribution in [0.4, 0.5) is 10.7 Å². The molecule has 2 saturated carbocycles. The number of nitrogens with one attached hydrogen (secondary N) is 1. The van der Waals surface area contributed by atoms with Crippen LogP contribution >= 0.6 is 11.3 Å². The maximum absolute atomic E-state index is 12.3. The number of carbonyl (C=O) groups is 1. The van der Waals surface area contributed by atoms with E-state index in [-0.39, 0.29) is 28.3 Å². The summed E-state index contributed by atoms with van der Waals surface area (Å²) in [5.74, 6) is 0.0413. The van der Waals surface area contributed by atoms with Crippen molar-refractivity contribution in [1.82, 2.24) is 0 Å². The van der Waals surface area contributed by atoms with Crippen molar-refractivity contribution in [3.8, 4) is 0 Å². The minimum Gasteiger partial charge on any atom is -0.396 e. The van der Waals surface area contributed by atoms with Crippen molar-refractivity contribution in [2.45, 2.75) is 49.5 Å². The summed E-state index contributed by atoms with van der Waals surface area (Å²) in [6.45, 7) is 0. The van der Waals surface area contributed by atoms with Gasteiger partial charge in [0.05, 0.1) is 10.6 Å². The Bertz CT molecular complexity index is 669. The molecule has 0 atom stereocenters. The van der Waals surface area contributed by atoms with Crippen LogP contribution in [0.2, 0.25) is 0 Å². The van der Waals surface area contributed by atoms with Crippen molar-refractivity contribution < 1.29 is 13.2 Å². The number of rotatable bonds is 5. The van der Waals surface area contributed by atoms with Gasteiger partial charge in [0.2, 0.25) is 0 Å². The lowest BCUT2D eigenvalue weighted by atomic mass is 10.2. The van der Waals surface area contributed by atoms with Crippen molar-refractivity contribution in [2.24, 2.45) is 5.92 Å². The molecule has 2 fully saturated rings. The normalized spacial score (nSPS) is 19.9. The Kier molecular flexibility index (Phi) is 3.73. The lowest BCUT2D eigenvalue weighted by Gasteiger charge is -2.13. The molecule has 3 N–H and O–H groups in total. The lowest BCUT2D eigenvalue weighted by Crippen LogP contribution is -2.15. The van der Waals surface area contributed by atoms with Crippen LogP contribution in [0, 0.1) is 5.92 Å². The molecule has 2 aliphatic carbocycles. The van der Waals surface area contributed by atoms with Gasteiger partial charge in [-0.2, -0.15) is 0 Å². The highest BCUT2D eigenvalue weighted by atomic mass is 32.2. The van der Waals surface area contributed by atoms with Crippen LogP contribution in [0.5, 0.6) is 0 Å². The zero-order chi connectivity index (χ0) is 15.2. The summed E-state index contributed by atoms with van der Waals surface area (Å²) in [7, 11) is -3.45. The van der Waals surface area contributed by atoms with Crippen molar-refractivity contribution in [2.75, 3.05) is 17.3 Å². The van der Waals surface area contributed by atoms with E-state index in [9.17, 15) is 13.2 Å². The summed E-state index contributed by atoms with van der Waals surface area (Å²) < 4.78 is 24.1. The van der Waals surface area contributed by atoms with Crippen molar-refractivity contribution in [3.05, 3.63) is 4.88 Å². The first-order chi connectivity index (χ1) is 9.88. The Labute approximate surface area is 128 Å². The van der Waals surface area contributed by atoms with Gasteiger partial charge in [-0.15, -0.1) is 11.3 Å². The fraction of sp³-hybridized carbons (Fsp3) is 0.643. The van der Waals surface area contributed by atoms with Crippen LogP contribution in [0.3, 0.4) is 0 Å². The number of anilines is 2. The Morgan fingerprint density at radius 3 is 2.38 bits per heavy atom. The summed E-state index contributed by atoms with van der Waals surface area (Å²) in [6.07, 6.45) is 7.29. The van der Waals surface area contributed by atoms with E-state index >= 15 is 0 Å². The first-order valence-electron chi connectivity index (χ1n) is 7.31. The maximum Gasteiger partial charge on any atom is 0.180 e. The van der Waals surface area contributed by atoms with Gasteiger partial charge in [-0.05, 0) is 25.7 Å². The Morgan fingerprint density at radius 2 is 1.86 bits per heavy atom. The van der Waals surface area contributed by atoms with Gasteiger partial charge in [0, 0.05) is 18.2 Å². The lowest BCUT2D eigenvalue weighted by molar-refractivity contribution is 0.0972. The predicted molar refractivity (Wildman–Crippen MR) is 84.8 cm³/mol. The molecule has 0 unspecified atom stereocenters. The molecule has 116 valence electrons. The average Bonchev–Trinajstić information content (AvgIpc) is 3.02. The van der Waals surface area contributed by atoms with Crippen LogP contribution in [0.1, 0.15) is 48.2 Å². The second-order valence-corrected chi connectivity index (χ2v) is 9.01. The number of Topliss-reactive ketones (excluding diaryl/α,β-unsaturated/α-hetero) is 1. The second-order valence-electron chi connectivity index (χ2n) is 6.04. The molecule has 21 heavy (non-hydrogen) atoms. The molecule has 0 bridgehead atoms. The average molecular weight is 328 g/mol.